The van der Waals surface area contributed by atoms with Crippen molar-refractivity contribution in [1.29, 1.82) is 0 Å². The molecule has 0 radical (unpaired) electrons. The molecule has 0 atom stereocenters. The molecule has 0 aliphatic heterocycles. The molecule has 88 valence electrons. The fourth-order valence-corrected chi connectivity index (χ4v) is 1.71. The Labute approximate surface area is 98.8 Å². The molecule has 1 aromatic rings. The van der Waals surface area contributed by atoms with Gasteiger partial charge < -0.3 is 4.74 Å². The molecule has 0 bridgehead atoms. The van der Waals surface area contributed by atoms with Crippen molar-refractivity contribution in [3.05, 3.63) is 17.5 Å². The first-order chi connectivity index (χ1) is 7.31. The summed E-state index contributed by atoms with van der Waals surface area (Å²) in [7, 11) is 1.55. The van der Waals surface area contributed by atoms with E-state index in [-0.39, 0.29) is 0 Å². The first kappa shape index (κ1) is 12.7. The van der Waals surface area contributed by atoms with Crippen LogP contribution in [0.4, 0.5) is 5.00 Å². The number of hydrogen-bond donors (Lipinski definition) is 0. The van der Waals surface area contributed by atoms with Crippen LogP contribution in [-0.2, 0) is 14.3 Å². The number of thiophene rings is 1. The molecular formula is C11H15NO3S. The quantitative estimate of drug-likeness (QED) is 0.558. The lowest BCUT2D eigenvalue weighted by molar-refractivity contribution is -0.162. The van der Waals surface area contributed by atoms with Crippen LogP contribution in [0.3, 0.4) is 0 Å². The normalized spacial score (nSPS) is 11.0. The van der Waals surface area contributed by atoms with E-state index in [1.807, 2.05) is 11.4 Å². The van der Waals surface area contributed by atoms with Gasteiger partial charge in [-0.2, -0.15) is 0 Å². The van der Waals surface area contributed by atoms with E-state index in [4.69, 9.17) is 4.74 Å². The zero-order valence-electron chi connectivity index (χ0n) is 9.81. The summed E-state index contributed by atoms with van der Waals surface area (Å²) in [6.07, 6.45) is 0. The topological polar surface area (TPSA) is 46.6 Å². The van der Waals surface area contributed by atoms with Gasteiger partial charge in [0.05, 0.1) is 5.00 Å². The Hall–Kier alpha value is -1.36. The molecular weight excluding hydrogens is 226 g/mol. The van der Waals surface area contributed by atoms with Crippen LogP contribution in [0.1, 0.15) is 20.8 Å². The highest BCUT2D eigenvalue weighted by molar-refractivity contribution is 7.14. The lowest BCUT2D eigenvalue weighted by Gasteiger charge is -2.21. The van der Waals surface area contributed by atoms with Gasteiger partial charge in [0.1, 0.15) is 5.60 Å². The molecule has 0 aromatic carbocycles. The van der Waals surface area contributed by atoms with Crippen LogP contribution in [0, 0.1) is 0 Å². The molecule has 1 aromatic heterocycles. The smallest absolute Gasteiger partial charge is 0.397 e. The minimum Gasteiger partial charge on any atom is -0.453 e. The van der Waals surface area contributed by atoms with E-state index in [1.165, 1.54) is 16.2 Å². The second kappa shape index (κ2) is 4.65. The first-order valence-electron chi connectivity index (χ1n) is 4.86. The van der Waals surface area contributed by atoms with Gasteiger partial charge in [-0.25, -0.2) is 4.79 Å². The monoisotopic (exact) mass is 241 g/mol. The van der Waals surface area contributed by atoms with Gasteiger partial charge in [-0.1, -0.05) is 0 Å². The number of anilines is 1. The second-order valence-corrected chi connectivity index (χ2v) is 5.24. The Morgan fingerprint density at radius 1 is 1.38 bits per heavy atom. The highest BCUT2D eigenvalue weighted by atomic mass is 32.1. The average molecular weight is 241 g/mol. The minimum atomic E-state index is -0.830. The first-order valence-corrected chi connectivity index (χ1v) is 5.74. The molecule has 0 aliphatic rings. The van der Waals surface area contributed by atoms with Crippen LogP contribution in [0.25, 0.3) is 0 Å². The van der Waals surface area contributed by atoms with Gasteiger partial charge in [0, 0.05) is 7.05 Å². The van der Waals surface area contributed by atoms with E-state index in [9.17, 15) is 9.59 Å². The number of ether oxygens (including phenoxy) is 1. The van der Waals surface area contributed by atoms with Crippen LogP contribution in [0.5, 0.6) is 0 Å². The predicted octanol–water partition coefficient (Wildman–Crippen LogP) is 2.05. The summed E-state index contributed by atoms with van der Waals surface area (Å²) in [4.78, 5) is 24.5. The summed E-state index contributed by atoms with van der Waals surface area (Å²) in [6, 6.07) is 3.59. The molecule has 4 nitrogen and oxygen atoms in total. The van der Waals surface area contributed by atoms with Crippen LogP contribution in [-0.4, -0.2) is 24.5 Å². The van der Waals surface area contributed by atoms with Gasteiger partial charge in [-0.05, 0) is 38.3 Å². The van der Waals surface area contributed by atoms with Crippen molar-refractivity contribution >= 4 is 28.2 Å². The fraction of sp³-hybridized carbons (Fsp3) is 0.455. The predicted molar refractivity (Wildman–Crippen MR) is 63.6 cm³/mol. The number of carbonyl (C=O) groups excluding carboxylic acids is 2. The van der Waals surface area contributed by atoms with Crippen LogP contribution in [0.15, 0.2) is 17.5 Å². The van der Waals surface area contributed by atoms with E-state index in [2.05, 4.69) is 0 Å². The lowest BCUT2D eigenvalue weighted by atomic mass is 10.2. The zero-order chi connectivity index (χ0) is 12.3. The van der Waals surface area contributed by atoms with Gasteiger partial charge in [-0.3, -0.25) is 9.69 Å². The summed E-state index contributed by atoms with van der Waals surface area (Å²) in [6.45, 7) is 5.18. The maximum atomic E-state index is 11.7. The second-order valence-electron chi connectivity index (χ2n) is 4.32. The van der Waals surface area contributed by atoms with Gasteiger partial charge in [-0.15, -0.1) is 11.3 Å². The van der Waals surface area contributed by atoms with Crippen LogP contribution >= 0.6 is 11.3 Å². The molecule has 0 spiro atoms. The van der Waals surface area contributed by atoms with Gasteiger partial charge >= 0.3 is 11.9 Å². The van der Waals surface area contributed by atoms with Gasteiger partial charge in [0.15, 0.2) is 0 Å². The highest BCUT2D eigenvalue weighted by Gasteiger charge is 2.26. The fourth-order valence-electron chi connectivity index (χ4n) is 1.02. The molecule has 1 amide bonds. The van der Waals surface area contributed by atoms with Crippen molar-refractivity contribution in [3.63, 3.8) is 0 Å². The van der Waals surface area contributed by atoms with E-state index < -0.39 is 17.5 Å². The Balaban J connectivity index is 2.68. The number of rotatable bonds is 1. The molecule has 0 aliphatic carbocycles. The minimum absolute atomic E-state index is 0.650. The molecule has 16 heavy (non-hydrogen) atoms. The Morgan fingerprint density at radius 3 is 2.44 bits per heavy atom. The van der Waals surface area contributed by atoms with Crippen molar-refractivity contribution < 1.29 is 14.3 Å². The number of carbonyl (C=O) groups is 2. The summed E-state index contributed by atoms with van der Waals surface area (Å²) < 4.78 is 4.99. The van der Waals surface area contributed by atoms with E-state index in [1.54, 1.807) is 33.9 Å². The highest BCUT2D eigenvalue weighted by Crippen LogP contribution is 2.20. The van der Waals surface area contributed by atoms with E-state index in [0.717, 1.165) is 5.00 Å². The Bertz CT molecular complexity index is 378. The maximum absolute atomic E-state index is 11.7. The van der Waals surface area contributed by atoms with E-state index >= 15 is 0 Å². The van der Waals surface area contributed by atoms with Crippen molar-refractivity contribution in [2.75, 3.05) is 11.9 Å². The molecule has 0 saturated heterocycles. The largest absolute Gasteiger partial charge is 0.453 e. The molecule has 0 N–H and O–H groups in total. The van der Waals surface area contributed by atoms with Crippen LogP contribution < -0.4 is 4.90 Å². The number of nitrogens with zero attached hydrogens (tertiary/aromatic N) is 1. The Kier molecular flexibility index (Phi) is 3.70. The van der Waals surface area contributed by atoms with Gasteiger partial charge in [0.2, 0.25) is 0 Å². The zero-order valence-corrected chi connectivity index (χ0v) is 10.6. The lowest BCUT2D eigenvalue weighted by Crippen LogP contribution is -2.38. The number of hydrogen-bond acceptors (Lipinski definition) is 4. The third-order valence-electron chi connectivity index (χ3n) is 1.71. The summed E-state index contributed by atoms with van der Waals surface area (Å²) in [5, 5.41) is 2.56. The van der Waals surface area contributed by atoms with Crippen molar-refractivity contribution in [1.82, 2.24) is 0 Å². The van der Waals surface area contributed by atoms with Crippen LogP contribution in [0.2, 0.25) is 0 Å². The van der Waals surface area contributed by atoms with Crippen molar-refractivity contribution in [2.24, 2.45) is 0 Å². The third-order valence-corrected chi connectivity index (χ3v) is 2.66. The number of likely N-dealkylation sites (N-methyl/N-ethyl adjacent to an activating group) is 1. The van der Waals surface area contributed by atoms with Crippen molar-refractivity contribution in [2.45, 2.75) is 26.4 Å². The molecule has 0 unspecified atom stereocenters. The van der Waals surface area contributed by atoms with Gasteiger partial charge in [0.25, 0.3) is 0 Å². The standard InChI is InChI=1S/C11H15NO3S/c1-11(2,3)15-10(14)9(13)12(4)8-6-5-7-16-8/h5-7H,1-4H3. The maximum Gasteiger partial charge on any atom is 0.397 e. The van der Waals surface area contributed by atoms with E-state index in [0.29, 0.717) is 0 Å². The SMILES string of the molecule is CN(C(=O)C(=O)OC(C)(C)C)c1cccs1. The number of amides is 1. The summed E-state index contributed by atoms with van der Waals surface area (Å²) in [5.74, 6) is -1.49. The summed E-state index contributed by atoms with van der Waals surface area (Å²) >= 11 is 1.39. The molecule has 1 rings (SSSR count). The molecule has 5 heteroatoms. The molecule has 0 saturated carbocycles. The van der Waals surface area contributed by atoms with Crippen molar-refractivity contribution in [3.8, 4) is 0 Å². The molecule has 0 fully saturated rings. The Morgan fingerprint density at radius 2 is 2.00 bits per heavy atom. The molecule has 1 heterocycles. The summed E-state index contributed by atoms with van der Waals surface area (Å²) in [5.41, 5.74) is -0.650. The number of esters is 1. The third kappa shape index (κ3) is 3.34. The average Bonchev–Trinajstić information content (AvgIpc) is 2.65.